The lowest BCUT2D eigenvalue weighted by atomic mass is 9.80. The predicted octanol–water partition coefficient (Wildman–Crippen LogP) is 2.46. The van der Waals surface area contributed by atoms with Crippen LogP contribution < -0.4 is 5.32 Å². The maximum absolute atomic E-state index is 12.7. The molecule has 1 heterocycles. The summed E-state index contributed by atoms with van der Waals surface area (Å²) < 4.78 is 0. The van der Waals surface area contributed by atoms with Crippen LogP contribution in [0.2, 0.25) is 0 Å². The standard InChI is InChI=1S/C17H21NO2/c1-11(19)15(17(20)12-6-3-2-4-7-12)16-14-9-5-8-13(14)10-18-16/h2-4,6-7,13-16,18H,5,8-10H2,1H3. The number of Topliss-reactive ketones (excluding diaryl/α,β-unsaturated/α-hetero) is 2. The summed E-state index contributed by atoms with van der Waals surface area (Å²) in [6.07, 6.45) is 3.62. The van der Waals surface area contributed by atoms with Gasteiger partial charge in [0.25, 0.3) is 0 Å². The van der Waals surface area contributed by atoms with E-state index in [1.165, 1.54) is 12.8 Å². The molecule has 2 fully saturated rings. The molecule has 0 aromatic heterocycles. The molecule has 106 valence electrons. The van der Waals surface area contributed by atoms with Gasteiger partial charge in [-0.3, -0.25) is 9.59 Å². The molecule has 4 atom stereocenters. The van der Waals surface area contributed by atoms with Crippen LogP contribution in [0, 0.1) is 17.8 Å². The first kappa shape index (κ1) is 13.5. The normalized spacial score (nSPS) is 29.9. The van der Waals surface area contributed by atoms with Crippen molar-refractivity contribution in [1.29, 1.82) is 0 Å². The monoisotopic (exact) mass is 271 g/mol. The van der Waals surface area contributed by atoms with Crippen LogP contribution in [0.4, 0.5) is 0 Å². The summed E-state index contributed by atoms with van der Waals surface area (Å²) in [6, 6.07) is 9.24. The first-order valence-corrected chi connectivity index (χ1v) is 7.51. The van der Waals surface area contributed by atoms with E-state index >= 15 is 0 Å². The second-order valence-electron chi connectivity index (χ2n) is 6.11. The summed E-state index contributed by atoms with van der Waals surface area (Å²) in [4.78, 5) is 24.8. The van der Waals surface area contributed by atoms with Crippen LogP contribution in [-0.4, -0.2) is 24.2 Å². The van der Waals surface area contributed by atoms with E-state index in [0.717, 1.165) is 13.0 Å². The van der Waals surface area contributed by atoms with Gasteiger partial charge in [-0.25, -0.2) is 0 Å². The van der Waals surface area contributed by atoms with E-state index in [9.17, 15) is 9.59 Å². The van der Waals surface area contributed by atoms with E-state index in [0.29, 0.717) is 17.4 Å². The smallest absolute Gasteiger partial charge is 0.174 e. The third-order valence-corrected chi connectivity index (χ3v) is 4.93. The second kappa shape index (κ2) is 5.49. The Morgan fingerprint density at radius 2 is 1.95 bits per heavy atom. The summed E-state index contributed by atoms with van der Waals surface area (Å²) in [5.74, 6) is 0.597. The molecule has 0 radical (unpaired) electrons. The minimum absolute atomic E-state index is 0.0103. The number of fused-ring (bicyclic) bond motifs is 1. The molecule has 0 bridgehead atoms. The number of rotatable bonds is 4. The molecule has 3 rings (SSSR count). The van der Waals surface area contributed by atoms with Gasteiger partial charge in [0.05, 0.1) is 5.92 Å². The third kappa shape index (κ3) is 2.31. The average Bonchev–Trinajstić information content (AvgIpc) is 3.04. The fourth-order valence-electron chi connectivity index (χ4n) is 3.98. The molecule has 1 aromatic rings. The van der Waals surface area contributed by atoms with E-state index in [2.05, 4.69) is 5.32 Å². The molecule has 1 saturated heterocycles. The summed E-state index contributed by atoms with van der Waals surface area (Å²) >= 11 is 0. The zero-order valence-corrected chi connectivity index (χ0v) is 11.8. The lowest BCUT2D eigenvalue weighted by molar-refractivity contribution is -0.120. The lowest BCUT2D eigenvalue weighted by Crippen LogP contribution is -2.43. The summed E-state index contributed by atoms with van der Waals surface area (Å²) in [5, 5.41) is 3.45. The number of nitrogens with one attached hydrogen (secondary N) is 1. The molecule has 1 aliphatic carbocycles. The molecule has 4 unspecified atom stereocenters. The topological polar surface area (TPSA) is 46.2 Å². The van der Waals surface area contributed by atoms with Crippen molar-refractivity contribution in [3.8, 4) is 0 Å². The van der Waals surface area contributed by atoms with Crippen LogP contribution in [0.25, 0.3) is 0 Å². The highest BCUT2D eigenvalue weighted by atomic mass is 16.1. The highest BCUT2D eigenvalue weighted by Gasteiger charge is 2.46. The van der Waals surface area contributed by atoms with Gasteiger partial charge in [0.1, 0.15) is 5.78 Å². The molecule has 2 aliphatic rings. The van der Waals surface area contributed by atoms with Crippen LogP contribution in [0.5, 0.6) is 0 Å². The predicted molar refractivity (Wildman–Crippen MR) is 77.6 cm³/mol. The zero-order chi connectivity index (χ0) is 14.1. The van der Waals surface area contributed by atoms with Gasteiger partial charge in [-0.05, 0) is 38.1 Å². The SMILES string of the molecule is CC(=O)C(C(=O)c1ccccc1)C1NCC2CCCC21. The van der Waals surface area contributed by atoms with Gasteiger partial charge in [-0.1, -0.05) is 36.8 Å². The average molecular weight is 271 g/mol. The Bertz CT molecular complexity index is 511. The van der Waals surface area contributed by atoms with Gasteiger partial charge in [0, 0.05) is 11.6 Å². The van der Waals surface area contributed by atoms with E-state index in [-0.39, 0.29) is 17.6 Å². The number of carbonyl (C=O) groups excluding carboxylic acids is 2. The fraction of sp³-hybridized carbons (Fsp3) is 0.529. The van der Waals surface area contributed by atoms with Crippen LogP contribution in [0.1, 0.15) is 36.5 Å². The quantitative estimate of drug-likeness (QED) is 0.676. The third-order valence-electron chi connectivity index (χ3n) is 4.93. The Kier molecular flexibility index (Phi) is 3.70. The van der Waals surface area contributed by atoms with Gasteiger partial charge in [0.2, 0.25) is 0 Å². The molecule has 0 spiro atoms. The lowest BCUT2D eigenvalue weighted by Gasteiger charge is -2.25. The van der Waals surface area contributed by atoms with Crippen LogP contribution in [0.15, 0.2) is 30.3 Å². The Morgan fingerprint density at radius 3 is 2.65 bits per heavy atom. The molecular formula is C17H21NO2. The molecule has 1 N–H and O–H groups in total. The Balaban J connectivity index is 1.86. The Morgan fingerprint density at radius 1 is 1.20 bits per heavy atom. The molecule has 3 nitrogen and oxygen atoms in total. The molecule has 1 aromatic carbocycles. The maximum Gasteiger partial charge on any atom is 0.174 e. The highest BCUT2D eigenvalue weighted by molar-refractivity contribution is 6.10. The Hall–Kier alpha value is -1.48. The number of hydrogen-bond donors (Lipinski definition) is 1. The van der Waals surface area contributed by atoms with Crippen molar-refractivity contribution in [2.24, 2.45) is 17.8 Å². The van der Waals surface area contributed by atoms with E-state index < -0.39 is 5.92 Å². The van der Waals surface area contributed by atoms with E-state index in [1.54, 1.807) is 19.1 Å². The van der Waals surface area contributed by atoms with Crippen LogP contribution in [0.3, 0.4) is 0 Å². The number of hydrogen-bond acceptors (Lipinski definition) is 3. The summed E-state index contributed by atoms with van der Waals surface area (Å²) in [6.45, 7) is 2.51. The van der Waals surface area contributed by atoms with Crippen LogP contribution in [-0.2, 0) is 4.79 Å². The number of benzene rings is 1. The highest BCUT2D eigenvalue weighted by Crippen LogP contribution is 2.40. The molecular weight excluding hydrogens is 250 g/mol. The largest absolute Gasteiger partial charge is 0.312 e. The second-order valence-corrected chi connectivity index (χ2v) is 6.11. The van der Waals surface area contributed by atoms with Crippen molar-refractivity contribution in [3.05, 3.63) is 35.9 Å². The van der Waals surface area contributed by atoms with Crippen molar-refractivity contribution in [1.82, 2.24) is 5.32 Å². The van der Waals surface area contributed by atoms with Gasteiger partial charge < -0.3 is 5.32 Å². The maximum atomic E-state index is 12.7. The molecule has 3 heteroatoms. The van der Waals surface area contributed by atoms with E-state index in [4.69, 9.17) is 0 Å². The summed E-state index contributed by atoms with van der Waals surface area (Å²) in [7, 11) is 0. The van der Waals surface area contributed by atoms with E-state index in [1.807, 2.05) is 18.2 Å². The van der Waals surface area contributed by atoms with Crippen molar-refractivity contribution in [3.63, 3.8) is 0 Å². The Labute approximate surface area is 119 Å². The molecule has 1 aliphatic heterocycles. The van der Waals surface area contributed by atoms with Gasteiger partial charge >= 0.3 is 0 Å². The van der Waals surface area contributed by atoms with Crippen molar-refractivity contribution >= 4 is 11.6 Å². The van der Waals surface area contributed by atoms with Crippen molar-refractivity contribution in [2.75, 3.05) is 6.54 Å². The molecule has 20 heavy (non-hydrogen) atoms. The van der Waals surface area contributed by atoms with Gasteiger partial charge in [-0.2, -0.15) is 0 Å². The zero-order valence-electron chi connectivity index (χ0n) is 11.8. The van der Waals surface area contributed by atoms with Gasteiger partial charge in [0.15, 0.2) is 5.78 Å². The number of ketones is 2. The fourth-order valence-corrected chi connectivity index (χ4v) is 3.98. The minimum atomic E-state index is -0.523. The number of carbonyl (C=O) groups is 2. The summed E-state index contributed by atoms with van der Waals surface area (Å²) in [5.41, 5.74) is 0.649. The minimum Gasteiger partial charge on any atom is -0.312 e. The van der Waals surface area contributed by atoms with Crippen molar-refractivity contribution in [2.45, 2.75) is 32.2 Å². The molecule has 0 amide bonds. The molecule has 1 saturated carbocycles. The van der Waals surface area contributed by atoms with Crippen molar-refractivity contribution < 1.29 is 9.59 Å². The van der Waals surface area contributed by atoms with Gasteiger partial charge in [-0.15, -0.1) is 0 Å². The van der Waals surface area contributed by atoms with Crippen LogP contribution >= 0.6 is 0 Å². The first-order chi connectivity index (χ1) is 9.68. The first-order valence-electron chi connectivity index (χ1n) is 7.51.